The predicted octanol–water partition coefficient (Wildman–Crippen LogP) is -1.99. The summed E-state index contributed by atoms with van der Waals surface area (Å²) in [6, 6.07) is 1.68. The number of aliphatic hydroxyl groups is 4. The SMILES string of the molecule is CC(CCCCC(C)CCCNP(=O)([O-])OP(=O)([O-])OP(=O)([O-])OC[C@H]1O[C@@H](n2cnc3c(N)ccnc32)[C@@H](O)C1O)CCCNC(=O)CC[C@@H]1SC[C@@H]2NC(=O)N[C@@H]21.Nc1ncnc2c1ncn2[C@@H]1O[C@H](COP(=O)([O-])OP(=O)([O-])OP(=O)([O-])NCCCNCCCCNCCCNC(=O)CC[C@@H]2SC[C@@H]3NC(=O)N[C@@H]32)C(O)[C@@H]1O. The molecule has 116 heavy (non-hydrogen) atoms. The average molecular weight is 1800 g/mol. The Morgan fingerprint density at radius 3 is 1.46 bits per heavy atom. The highest BCUT2D eigenvalue weighted by atomic mass is 32.2. The van der Waals surface area contributed by atoms with Gasteiger partial charge in [-0.3, -0.25) is 64.9 Å². The summed E-state index contributed by atoms with van der Waals surface area (Å²) in [6.45, 7) is 5.46. The zero-order valence-electron chi connectivity index (χ0n) is 63.3. The van der Waals surface area contributed by atoms with Crippen LogP contribution in [0, 0.1) is 11.8 Å². The molecule has 0 aromatic carbocycles. The smallest absolute Gasteiger partial charge is 0.315 e. The van der Waals surface area contributed by atoms with E-state index in [0.717, 1.165) is 95.1 Å². The summed E-state index contributed by atoms with van der Waals surface area (Å²) in [6.07, 6.45) is 4.39. The number of phosphoric ester groups is 2. The van der Waals surface area contributed by atoms with Gasteiger partial charge in [-0.1, -0.05) is 39.5 Å². The molecule has 6 fully saturated rings. The molecule has 10 rings (SSSR count). The van der Waals surface area contributed by atoms with E-state index in [0.29, 0.717) is 64.2 Å². The molecule has 0 radical (unpaired) electrons. The number of carbonyl (C=O) groups is 4. The lowest BCUT2D eigenvalue weighted by atomic mass is 9.94. The second-order valence-corrected chi connectivity index (χ2v) is 40.5. The number of nitrogen functional groups attached to an aromatic ring is 2. The van der Waals surface area contributed by atoms with E-state index in [4.69, 9.17) is 20.9 Å². The summed E-state index contributed by atoms with van der Waals surface area (Å²) < 4.78 is 112. The van der Waals surface area contributed by atoms with E-state index >= 15 is 0 Å². The van der Waals surface area contributed by atoms with Crippen LogP contribution in [0.3, 0.4) is 0 Å². The molecule has 4 aromatic heterocycles. The first-order valence-electron chi connectivity index (χ1n) is 37.7. The third-order valence-corrected chi connectivity index (χ3v) is 31.3. The zero-order valence-corrected chi connectivity index (χ0v) is 70.3. The monoisotopic (exact) mass is 1800 g/mol. The molecule has 10 unspecified atom stereocenters. The van der Waals surface area contributed by atoms with Crippen molar-refractivity contribution in [2.24, 2.45) is 11.8 Å². The molecule has 0 spiro atoms. The van der Waals surface area contributed by atoms with Crippen LogP contribution in [-0.4, -0.2) is 227 Å². The number of amides is 6. The summed E-state index contributed by atoms with van der Waals surface area (Å²) in [5.74, 6) is 2.53. The average Bonchev–Trinajstić information content (AvgIpc) is 1.62. The van der Waals surface area contributed by atoms with E-state index in [1.807, 2.05) is 17.1 Å². The third-order valence-electron chi connectivity index (χ3n) is 19.6. The van der Waals surface area contributed by atoms with Crippen LogP contribution in [0.25, 0.3) is 22.3 Å². The maximum absolute atomic E-state index is 12.3. The number of phosphoric acid groups is 4. The van der Waals surface area contributed by atoms with Crippen LogP contribution in [0.4, 0.5) is 21.1 Å². The Morgan fingerprint density at radius 1 is 0.543 bits per heavy atom. The summed E-state index contributed by atoms with van der Waals surface area (Å²) in [4.78, 5) is 141. The number of aliphatic hydroxyl groups excluding tert-OH is 4. The second kappa shape index (κ2) is 44.0. The minimum Gasteiger partial charge on any atom is -0.766 e. The van der Waals surface area contributed by atoms with Crippen LogP contribution in [-0.2, 0) is 72.7 Å². The molecular weight excluding hydrogens is 1700 g/mol. The van der Waals surface area contributed by atoms with Gasteiger partial charge in [0, 0.05) is 67.2 Å². The van der Waals surface area contributed by atoms with Gasteiger partial charge in [-0.2, -0.15) is 23.5 Å². The molecule has 0 saturated carbocycles. The number of urea groups is 2. The first kappa shape index (κ1) is 95.3. The second-order valence-electron chi connectivity index (χ2n) is 28.6. The number of anilines is 2. The first-order chi connectivity index (χ1) is 54.9. The topological polar surface area (TPSA) is 710 Å². The maximum Gasteiger partial charge on any atom is 0.315 e. The van der Waals surface area contributed by atoms with Crippen molar-refractivity contribution in [3.63, 3.8) is 0 Å². The van der Waals surface area contributed by atoms with Crippen LogP contribution in [0.1, 0.15) is 129 Å². The highest BCUT2D eigenvalue weighted by Gasteiger charge is 2.48. The Labute approximate surface area is 675 Å². The van der Waals surface area contributed by atoms with Crippen LogP contribution in [0.5, 0.6) is 0 Å². The number of unbranched alkanes of at least 4 members (excludes halogenated alkanes) is 2. The van der Waals surface area contributed by atoms with Gasteiger partial charge in [-0.15, -0.1) is 0 Å². The molecule has 22 atom stereocenters. The highest BCUT2D eigenvalue weighted by molar-refractivity contribution is 8.00. The van der Waals surface area contributed by atoms with Crippen molar-refractivity contribution in [3.8, 4) is 0 Å². The molecule has 6 aliphatic heterocycles. The Morgan fingerprint density at radius 2 is 0.966 bits per heavy atom. The molecule has 4 aromatic rings. The maximum atomic E-state index is 12.3. The van der Waals surface area contributed by atoms with Crippen LogP contribution in [0.15, 0.2) is 31.2 Å². The number of hydrogen-bond acceptors (Lipinski definition) is 39. The number of carbonyl (C=O) groups excluding carboxylic acids is 4. The van der Waals surface area contributed by atoms with Crippen LogP contribution >= 0.6 is 70.3 Å². The summed E-state index contributed by atoms with van der Waals surface area (Å²) in [5, 5.41) is 70.2. The number of pyridine rings is 1. The van der Waals surface area contributed by atoms with Crippen molar-refractivity contribution in [1.82, 2.24) is 86.8 Å². The normalized spacial score (nSPS) is 28.0. The van der Waals surface area contributed by atoms with Crippen molar-refractivity contribution in [2.75, 3.05) is 88.5 Å². The number of rotatable bonds is 50. The van der Waals surface area contributed by atoms with Gasteiger partial charge in [-0.25, -0.2) is 43.1 Å². The third kappa shape index (κ3) is 29.3. The van der Waals surface area contributed by atoms with Gasteiger partial charge in [0.2, 0.25) is 27.3 Å². The van der Waals surface area contributed by atoms with Crippen molar-refractivity contribution in [1.29, 1.82) is 0 Å². The number of aromatic nitrogens is 7. The molecule has 656 valence electrons. The van der Waals surface area contributed by atoms with Crippen molar-refractivity contribution in [2.45, 2.75) is 200 Å². The number of imidazole rings is 2. The molecule has 6 saturated heterocycles. The van der Waals surface area contributed by atoms with E-state index in [2.05, 4.69) is 101 Å². The Hall–Kier alpha value is -4.55. The Kier molecular flexibility index (Phi) is 36.1. The van der Waals surface area contributed by atoms with E-state index in [1.165, 1.54) is 34.1 Å². The zero-order chi connectivity index (χ0) is 84.2. The fourth-order valence-corrected chi connectivity index (χ4v) is 23.8. The van der Waals surface area contributed by atoms with Gasteiger partial charge in [0.15, 0.2) is 29.6 Å². The molecule has 6 aliphatic rings. The van der Waals surface area contributed by atoms with Gasteiger partial charge in [0.05, 0.1) is 55.7 Å². The number of hydrogen-bond donors (Lipinski definition) is 16. The Balaban J connectivity index is 0.000000265. The number of thioether (sulfide) groups is 2. The molecule has 10 heterocycles. The lowest BCUT2D eigenvalue weighted by Crippen LogP contribution is -2.37. The summed E-state index contributed by atoms with van der Waals surface area (Å²) in [7, 11) is -34.3. The van der Waals surface area contributed by atoms with Crippen molar-refractivity contribution >= 4 is 128 Å². The number of nitrogens with zero attached hydrogens (tertiary/aromatic N) is 7. The minimum absolute atomic E-state index is 0.00311. The predicted molar refractivity (Wildman–Crippen MR) is 406 cm³/mol. The van der Waals surface area contributed by atoms with Gasteiger partial charge in [0.25, 0.3) is 31.3 Å². The van der Waals surface area contributed by atoms with Gasteiger partial charge < -0.3 is 122 Å². The quantitative estimate of drug-likeness (QED) is 0.0129. The Bertz CT molecular complexity index is 4220. The number of ether oxygens (including phenoxy) is 2. The lowest BCUT2D eigenvalue weighted by molar-refractivity contribution is -0.250. The number of nitrogens with two attached hydrogens (primary N) is 2. The molecule has 47 nitrogen and oxygen atoms in total. The van der Waals surface area contributed by atoms with Gasteiger partial charge >= 0.3 is 12.1 Å². The van der Waals surface area contributed by atoms with E-state index in [1.54, 1.807) is 23.5 Å². The molecule has 0 bridgehead atoms. The van der Waals surface area contributed by atoms with Crippen molar-refractivity contribution < 1.29 is 132 Å². The van der Waals surface area contributed by atoms with Gasteiger partial charge in [0.1, 0.15) is 54.0 Å². The van der Waals surface area contributed by atoms with E-state index in [9.17, 15) is 96.4 Å². The molecule has 18 N–H and O–H groups in total. The van der Waals surface area contributed by atoms with Crippen molar-refractivity contribution in [3.05, 3.63) is 31.2 Å². The molecular formula is C61H101N19O28P6S2-6. The molecule has 0 aliphatic carbocycles. The van der Waals surface area contributed by atoms with Crippen LogP contribution in [0.2, 0.25) is 0 Å². The summed E-state index contributed by atoms with van der Waals surface area (Å²) >= 11 is 3.57. The summed E-state index contributed by atoms with van der Waals surface area (Å²) in [5.41, 5.74) is 12.7. The number of fused-ring (bicyclic) bond motifs is 4. The van der Waals surface area contributed by atoms with Crippen LogP contribution < -0.4 is 93.5 Å². The largest absolute Gasteiger partial charge is 0.766 e. The fourth-order valence-electron chi connectivity index (χ4n) is 13.6. The standard InChI is InChI=1S/C33H57N8O14P3S.C28H50N11O14P3S/c1-20(9-5-14-35-26(42)12-11-25-28-23(18-59-25)39-33(45)40-28)7-3-4-8-21(2)10-6-15-38-56(46,47)54-58(50,51)55-57(48,49)52-17-24-29(43)30(44)32(53-24)41-19-37-27-22(34)13-16-36-31(27)41;29-25-22-26(34-15-33-25)39(16-35-22)27-24(42)23(41)18(51-27)13-50-55(46,47)53-56(48,49)52-54(44,45)36-12-4-10-31-8-2-1-7-30-9-3-11-32-20(40)6-5-19-21-17(14-57-19)37-28(43)38-21/h13,16,19-21,23-25,28-30,32,43-44H,3-12,14-15,17-18H2,1-2H3,(H2,34,36)(H,35,42)(H,48,49)(H,50,51)(H2,38,46,47)(H2,39,40,45);15-19,21,23-24,27,30-31,41-42H,1-14H2,(H,32,40)(H,46,47)(H,48,49)(H2,29,33,34)(H2,36,44,45)(H2,37,38,43)/p-6/t20?,21?,23-,24+,25-,28-,29?,30-,32+;17-,18+,19-,21-,23?,24-,27+/m00/s1. The minimum atomic E-state index is -6.04. The fraction of sp³-hybridized carbons (Fsp3) is 0.754. The number of nitrogens with one attached hydrogen (secondary N) is 10. The molecule has 55 heteroatoms. The highest BCUT2D eigenvalue weighted by Crippen LogP contribution is 2.63. The lowest BCUT2D eigenvalue weighted by Gasteiger charge is -2.35. The molecule has 6 amide bonds. The van der Waals surface area contributed by atoms with Gasteiger partial charge in [-0.05, 0) is 108 Å². The first-order valence-corrected chi connectivity index (χ1v) is 48.8. The van der Waals surface area contributed by atoms with E-state index in [-0.39, 0.29) is 118 Å². The van der Waals surface area contributed by atoms with E-state index < -0.39 is 109 Å².